The van der Waals surface area contributed by atoms with Crippen molar-refractivity contribution in [2.75, 3.05) is 26.9 Å². The maximum atomic E-state index is 12.4. The average molecular weight is 485 g/mol. The quantitative estimate of drug-likeness (QED) is 0.275. The highest BCUT2D eigenvalue weighted by Gasteiger charge is 2.12. The zero-order valence-electron chi connectivity index (χ0n) is 20.9. The van der Waals surface area contributed by atoms with Crippen molar-refractivity contribution in [3.63, 3.8) is 0 Å². The molecule has 0 aromatic heterocycles. The zero-order valence-corrected chi connectivity index (χ0v) is 20.9. The number of likely N-dealkylation sites (N-methyl/N-ethyl adjacent to an activating group) is 1. The lowest BCUT2D eigenvalue weighted by Crippen LogP contribution is -2.28. The Balaban J connectivity index is 1.77. The number of hydrogen-bond donors (Lipinski definition) is 2. The number of ketones is 1. The summed E-state index contributed by atoms with van der Waals surface area (Å²) in [6.07, 6.45) is 3.50. The van der Waals surface area contributed by atoms with E-state index in [2.05, 4.69) is 17.6 Å². The summed E-state index contributed by atoms with van der Waals surface area (Å²) in [5, 5.41) is 5.47. The van der Waals surface area contributed by atoms with Gasteiger partial charge in [-0.25, -0.2) is 0 Å². The second-order valence-corrected chi connectivity index (χ2v) is 8.01. The van der Waals surface area contributed by atoms with Crippen LogP contribution in [0.3, 0.4) is 0 Å². The molecule has 2 aromatic rings. The number of Topliss-reactive ketones (excluding diaryl/α,β-unsaturated/α-hetero) is 1. The number of hydrogen-bond acceptors (Lipinski definition) is 6. The number of ether oxygens (including phenoxy) is 3. The van der Waals surface area contributed by atoms with Gasteiger partial charge in [-0.15, -0.1) is 0 Å². The van der Waals surface area contributed by atoms with E-state index in [1.54, 1.807) is 42.5 Å². The third kappa shape index (κ3) is 10.1. The second kappa shape index (κ2) is 15.4. The number of amides is 2. The molecule has 2 N–H and O–H groups in total. The summed E-state index contributed by atoms with van der Waals surface area (Å²) in [6, 6.07) is 12.3. The fourth-order valence-electron chi connectivity index (χ4n) is 3.27. The maximum Gasteiger partial charge on any atom is 0.257 e. The van der Waals surface area contributed by atoms with Crippen LogP contribution in [0, 0.1) is 0 Å². The molecular formula is C27H36N2O6. The van der Waals surface area contributed by atoms with Crippen molar-refractivity contribution in [3.8, 4) is 17.2 Å². The molecule has 0 aliphatic rings. The Bertz CT molecular complexity index is 959. The minimum absolute atomic E-state index is 0.0898. The third-order valence-corrected chi connectivity index (χ3v) is 5.22. The van der Waals surface area contributed by atoms with Gasteiger partial charge in [-0.05, 0) is 55.3 Å². The number of benzene rings is 2. The highest BCUT2D eigenvalue weighted by molar-refractivity contribution is 5.98. The molecule has 2 amide bonds. The number of methoxy groups -OCH3 is 1. The smallest absolute Gasteiger partial charge is 0.257 e. The van der Waals surface area contributed by atoms with Crippen LogP contribution in [0.5, 0.6) is 17.2 Å². The van der Waals surface area contributed by atoms with Gasteiger partial charge in [0, 0.05) is 31.5 Å². The van der Waals surface area contributed by atoms with Crippen molar-refractivity contribution in [1.29, 1.82) is 0 Å². The largest absolute Gasteiger partial charge is 0.494 e. The highest BCUT2D eigenvalue weighted by atomic mass is 16.5. The summed E-state index contributed by atoms with van der Waals surface area (Å²) in [5.41, 5.74) is 1.37. The third-order valence-electron chi connectivity index (χ3n) is 5.22. The summed E-state index contributed by atoms with van der Waals surface area (Å²) >= 11 is 0. The molecule has 2 aromatic carbocycles. The minimum atomic E-state index is -0.218. The molecule has 8 heteroatoms. The van der Waals surface area contributed by atoms with Crippen LogP contribution in [0.25, 0.3) is 0 Å². The summed E-state index contributed by atoms with van der Waals surface area (Å²) in [5.74, 6) is 1.13. The second-order valence-electron chi connectivity index (χ2n) is 8.01. The Morgan fingerprint density at radius 3 is 2.29 bits per heavy atom. The van der Waals surface area contributed by atoms with Gasteiger partial charge in [0.2, 0.25) is 5.91 Å². The Hall–Kier alpha value is -3.55. The van der Waals surface area contributed by atoms with E-state index >= 15 is 0 Å². The van der Waals surface area contributed by atoms with Crippen LogP contribution >= 0.6 is 0 Å². The summed E-state index contributed by atoms with van der Waals surface area (Å²) in [4.78, 5) is 36.3. The van der Waals surface area contributed by atoms with Crippen LogP contribution in [0.1, 0.15) is 61.9 Å². The van der Waals surface area contributed by atoms with Crippen LogP contribution in [-0.4, -0.2) is 44.5 Å². The first-order valence-electron chi connectivity index (χ1n) is 12.1. The Labute approximate surface area is 207 Å². The van der Waals surface area contributed by atoms with E-state index in [1.165, 1.54) is 7.11 Å². The van der Waals surface area contributed by atoms with Crippen molar-refractivity contribution in [2.24, 2.45) is 0 Å². The monoisotopic (exact) mass is 484 g/mol. The standard InChI is InChI=1S/C27H36N2O6/c1-4-6-7-16-34-22-11-9-21(10-12-22)23(30)13-15-26(31)29-18-20-8-14-24(25(17-20)33-3)35-19-27(32)28-5-2/h8-12,14,17H,4-7,13,15-16,18-19H2,1-3H3,(H,28,32)(H,29,31). The molecule has 0 bridgehead atoms. The predicted molar refractivity (Wildman–Crippen MR) is 134 cm³/mol. The van der Waals surface area contributed by atoms with E-state index in [0.717, 1.165) is 30.6 Å². The summed E-state index contributed by atoms with van der Waals surface area (Å²) in [6.45, 7) is 5.35. The first-order chi connectivity index (χ1) is 17.0. The first-order valence-corrected chi connectivity index (χ1v) is 12.1. The van der Waals surface area contributed by atoms with Crippen molar-refractivity contribution in [2.45, 2.75) is 52.5 Å². The molecule has 0 heterocycles. The number of nitrogens with one attached hydrogen (secondary N) is 2. The SMILES string of the molecule is CCCCCOc1ccc(C(=O)CCC(=O)NCc2ccc(OCC(=O)NCC)c(OC)c2)cc1. The fourth-order valence-corrected chi connectivity index (χ4v) is 3.27. The van der Waals surface area contributed by atoms with Gasteiger partial charge in [0.1, 0.15) is 5.75 Å². The van der Waals surface area contributed by atoms with Crippen LogP contribution in [0.4, 0.5) is 0 Å². The average Bonchev–Trinajstić information content (AvgIpc) is 2.88. The van der Waals surface area contributed by atoms with E-state index in [4.69, 9.17) is 14.2 Å². The van der Waals surface area contributed by atoms with E-state index in [1.807, 2.05) is 6.92 Å². The lowest BCUT2D eigenvalue weighted by atomic mass is 10.1. The lowest BCUT2D eigenvalue weighted by Gasteiger charge is -2.12. The maximum absolute atomic E-state index is 12.4. The number of unbranched alkanes of at least 4 members (excludes halogenated alkanes) is 2. The molecule has 0 aliphatic heterocycles. The van der Waals surface area contributed by atoms with Crippen LogP contribution in [0.15, 0.2) is 42.5 Å². The van der Waals surface area contributed by atoms with Crippen molar-refractivity contribution < 1.29 is 28.6 Å². The van der Waals surface area contributed by atoms with E-state index < -0.39 is 0 Å². The number of rotatable bonds is 16. The Morgan fingerprint density at radius 2 is 1.60 bits per heavy atom. The van der Waals surface area contributed by atoms with Gasteiger partial charge in [-0.3, -0.25) is 14.4 Å². The molecule has 0 aliphatic carbocycles. The van der Waals surface area contributed by atoms with Crippen molar-refractivity contribution >= 4 is 17.6 Å². The number of carbonyl (C=O) groups is 3. The normalized spacial score (nSPS) is 10.4. The molecule has 0 saturated heterocycles. The van der Waals surface area contributed by atoms with E-state index in [-0.39, 0.29) is 43.6 Å². The molecule has 0 radical (unpaired) electrons. The van der Waals surface area contributed by atoms with Crippen LogP contribution < -0.4 is 24.8 Å². The minimum Gasteiger partial charge on any atom is -0.494 e. The zero-order chi connectivity index (χ0) is 25.5. The Kier molecular flexibility index (Phi) is 12.2. The fraction of sp³-hybridized carbons (Fsp3) is 0.444. The van der Waals surface area contributed by atoms with E-state index in [0.29, 0.717) is 30.2 Å². The molecule has 0 unspecified atom stereocenters. The summed E-state index contributed by atoms with van der Waals surface area (Å²) in [7, 11) is 1.51. The summed E-state index contributed by atoms with van der Waals surface area (Å²) < 4.78 is 16.5. The van der Waals surface area contributed by atoms with Crippen molar-refractivity contribution in [1.82, 2.24) is 10.6 Å². The molecule has 35 heavy (non-hydrogen) atoms. The van der Waals surface area contributed by atoms with Gasteiger partial charge >= 0.3 is 0 Å². The molecule has 8 nitrogen and oxygen atoms in total. The van der Waals surface area contributed by atoms with Gasteiger partial charge < -0.3 is 24.8 Å². The molecule has 0 fully saturated rings. The molecule has 0 saturated carbocycles. The molecule has 0 spiro atoms. The van der Waals surface area contributed by atoms with Crippen molar-refractivity contribution in [3.05, 3.63) is 53.6 Å². The molecule has 190 valence electrons. The van der Waals surface area contributed by atoms with E-state index in [9.17, 15) is 14.4 Å². The van der Waals surface area contributed by atoms with Gasteiger partial charge in [-0.2, -0.15) is 0 Å². The molecule has 0 atom stereocenters. The highest BCUT2D eigenvalue weighted by Crippen LogP contribution is 2.28. The van der Waals surface area contributed by atoms with Gasteiger partial charge in [0.25, 0.3) is 5.91 Å². The lowest BCUT2D eigenvalue weighted by molar-refractivity contribution is -0.123. The topological polar surface area (TPSA) is 103 Å². The molecule has 2 rings (SSSR count). The van der Waals surface area contributed by atoms with Gasteiger partial charge in [-0.1, -0.05) is 25.8 Å². The van der Waals surface area contributed by atoms with Crippen LogP contribution in [0.2, 0.25) is 0 Å². The molecular weight excluding hydrogens is 448 g/mol. The van der Waals surface area contributed by atoms with Gasteiger partial charge in [0.05, 0.1) is 13.7 Å². The van der Waals surface area contributed by atoms with Gasteiger partial charge in [0.15, 0.2) is 23.9 Å². The Morgan fingerprint density at radius 1 is 0.829 bits per heavy atom. The predicted octanol–water partition coefficient (Wildman–Crippen LogP) is 4.06. The van der Waals surface area contributed by atoms with Crippen LogP contribution in [-0.2, 0) is 16.1 Å². The number of carbonyl (C=O) groups excluding carboxylic acids is 3. The first kappa shape index (κ1) is 27.7.